The van der Waals surface area contributed by atoms with E-state index in [-0.39, 0.29) is 6.54 Å². The van der Waals surface area contributed by atoms with Gasteiger partial charge < -0.3 is 20.6 Å². The Bertz CT molecular complexity index is 87.5. The molecular weight excluding hydrogens is 134 g/mol. The minimum atomic E-state index is -1.69. The molecule has 0 aromatic rings. The Kier molecular flexibility index (Phi) is 3.81. The molecule has 0 amide bonds. The Morgan fingerprint density at radius 1 is 1.50 bits per heavy atom. The van der Waals surface area contributed by atoms with E-state index in [0.717, 1.165) is 0 Å². The fourth-order valence-corrected chi connectivity index (χ4v) is 0.518. The van der Waals surface area contributed by atoms with Gasteiger partial charge in [0, 0.05) is 13.1 Å². The van der Waals surface area contributed by atoms with Gasteiger partial charge in [-0.2, -0.15) is 0 Å². The highest BCUT2D eigenvalue weighted by Crippen LogP contribution is 1.92. The maximum Gasteiger partial charge on any atom is 0.172 e. The standard InChI is InChI=1S/C6H15NO3/c1-5(8)3-7-4-6(2,9)10/h5,7-10H,3-4H2,1-2H3. The molecule has 4 heteroatoms. The second-order valence-corrected chi connectivity index (χ2v) is 2.70. The molecule has 0 aliphatic carbocycles. The molecule has 10 heavy (non-hydrogen) atoms. The maximum atomic E-state index is 8.74. The van der Waals surface area contributed by atoms with Gasteiger partial charge in [-0.15, -0.1) is 0 Å². The average Bonchev–Trinajstić information content (AvgIpc) is 1.59. The monoisotopic (exact) mass is 149 g/mol. The summed E-state index contributed by atoms with van der Waals surface area (Å²) in [6, 6.07) is 0. The highest BCUT2D eigenvalue weighted by molar-refractivity contribution is 4.61. The van der Waals surface area contributed by atoms with Gasteiger partial charge in [0.05, 0.1) is 6.10 Å². The van der Waals surface area contributed by atoms with Crippen molar-refractivity contribution in [3.8, 4) is 0 Å². The van der Waals surface area contributed by atoms with Crippen LogP contribution >= 0.6 is 0 Å². The summed E-state index contributed by atoms with van der Waals surface area (Å²) in [7, 11) is 0. The largest absolute Gasteiger partial charge is 0.392 e. The van der Waals surface area contributed by atoms with Crippen molar-refractivity contribution in [2.45, 2.75) is 25.7 Å². The molecule has 0 bridgehead atoms. The van der Waals surface area contributed by atoms with Gasteiger partial charge in [0.2, 0.25) is 0 Å². The highest BCUT2D eigenvalue weighted by Gasteiger charge is 2.13. The molecule has 1 atom stereocenters. The Labute approximate surface area is 60.5 Å². The molecule has 0 heterocycles. The van der Waals surface area contributed by atoms with Crippen molar-refractivity contribution < 1.29 is 15.3 Å². The first-order valence-corrected chi connectivity index (χ1v) is 3.25. The summed E-state index contributed by atoms with van der Waals surface area (Å²) < 4.78 is 0. The fourth-order valence-electron chi connectivity index (χ4n) is 0.518. The second kappa shape index (κ2) is 3.88. The number of aliphatic hydroxyl groups excluding tert-OH is 1. The molecule has 0 aromatic heterocycles. The number of hydrogen-bond acceptors (Lipinski definition) is 4. The molecule has 0 rings (SSSR count). The van der Waals surface area contributed by atoms with Gasteiger partial charge in [-0.1, -0.05) is 0 Å². The summed E-state index contributed by atoms with van der Waals surface area (Å²) in [4.78, 5) is 0. The summed E-state index contributed by atoms with van der Waals surface area (Å²) in [5.41, 5.74) is 0. The lowest BCUT2D eigenvalue weighted by Gasteiger charge is -2.16. The van der Waals surface area contributed by atoms with Crippen molar-refractivity contribution in [3.05, 3.63) is 0 Å². The number of nitrogens with one attached hydrogen (secondary N) is 1. The zero-order chi connectivity index (χ0) is 8.20. The summed E-state index contributed by atoms with van der Waals surface area (Å²) in [5, 5.41) is 28.9. The summed E-state index contributed by atoms with van der Waals surface area (Å²) >= 11 is 0. The van der Waals surface area contributed by atoms with Crippen LogP contribution in [0.5, 0.6) is 0 Å². The van der Waals surface area contributed by atoms with Crippen molar-refractivity contribution in [2.75, 3.05) is 13.1 Å². The van der Waals surface area contributed by atoms with Crippen molar-refractivity contribution in [3.63, 3.8) is 0 Å². The molecule has 0 aromatic carbocycles. The van der Waals surface area contributed by atoms with Crippen LogP contribution in [0.15, 0.2) is 0 Å². The lowest BCUT2D eigenvalue weighted by Crippen LogP contribution is -2.39. The van der Waals surface area contributed by atoms with Crippen LogP contribution in [0.3, 0.4) is 0 Å². The normalized spacial score (nSPS) is 15.3. The van der Waals surface area contributed by atoms with Crippen molar-refractivity contribution >= 4 is 0 Å². The third-order valence-corrected chi connectivity index (χ3v) is 0.900. The van der Waals surface area contributed by atoms with Gasteiger partial charge in [-0.05, 0) is 13.8 Å². The SMILES string of the molecule is CC(O)CNCC(C)(O)O. The van der Waals surface area contributed by atoms with E-state index in [1.54, 1.807) is 6.92 Å². The van der Waals surface area contributed by atoms with Crippen LogP contribution in [-0.2, 0) is 0 Å². The van der Waals surface area contributed by atoms with Crippen LogP contribution in [-0.4, -0.2) is 40.3 Å². The Hall–Kier alpha value is -0.160. The summed E-state index contributed by atoms with van der Waals surface area (Å²) in [6.45, 7) is 3.34. The molecule has 0 saturated heterocycles. The first kappa shape index (κ1) is 9.84. The van der Waals surface area contributed by atoms with E-state index in [1.807, 2.05) is 0 Å². The van der Waals surface area contributed by atoms with Crippen LogP contribution in [0, 0.1) is 0 Å². The van der Waals surface area contributed by atoms with Gasteiger partial charge in [0.15, 0.2) is 5.79 Å². The average molecular weight is 149 g/mol. The van der Waals surface area contributed by atoms with E-state index < -0.39 is 11.9 Å². The summed E-state index contributed by atoms with van der Waals surface area (Å²) in [6.07, 6.45) is -0.456. The van der Waals surface area contributed by atoms with Crippen LogP contribution < -0.4 is 5.32 Å². The first-order chi connectivity index (χ1) is 4.42. The van der Waals surface area contributed by atoms with Crippen molar-refractivity contribution in [2.24, 2.45) is 0 Å². The Balaban J connectivity index is 3.21. The predicted octanol–water partition coefficient (Wildman–Crippen LogP) is -1.34. The molecule has 0 saturated carbocycles. The molecule has 4 N–H and O–H groups in total. The van der Waals surface area contributed by atoms with E-state index in [9.17, 15) is 0 Å². The van der Waals surface area contributed by atoms with Gasteiger partial charge in [-0.3, -0.25) is 0 Å². The lowest BCUT2D eigenvalue weighted by molar-refractivity contribution is -0.140. The van der Waals surface area contributed by atoms with E-state index in [2.05, 4.69) is 5.32 Å². The van der Waals surface area contributed by atoms with Gasteiger partial charge >= 0.3 is 0 Å². The minimum absolute atomic E-state index is 0.0674. The highest BCUT2D eigenvalue weighted by atomic mass is 16.5. The molecule has 0 aliphatic heterocycles. The lowest BCUT2D eigenvalue weighted by atomic mass is 10.3. The van der Waals surface area contributed by atoms with E-state index >= 15 is 0 Å². The molecule has 0 fully saturated rings. The number of aliphatic hydroxyl groups is 3. The molecule has 0 spiro atoms. The first-order valence-electron chi connectivity index (χ1n) is 3.25. The molecule has 62 valence electrons. The second-order valence-electron chi connectivity index (χ2n) is 2.70. The van der Waals surface area contributed by atoms with Crippen LogP contribution in [0.4, 0.5) is 0 Å². The molecule has 0 aliphatic rings. The zero-order valence-electron chi connectivity index (χ0n) is 6.33. The third kappa shape index (κ3) is 7.84. The van der Waals surface area contributed by atoms with Gasteiger partial charge in [-0.25, -0.2) is 0 Å². The van der Waals surface area contributed by atoms with Crippen molar-refractivity contribution in [1.29, 1.82) is 0 Å². The van der Waals surface area contributed by atoms with Crippen LogP contribution in [0.25, 0.3) is 0 Å². The van der Waals surface area contributed by atoms with Gasteiger partial charge in [0.1, 0.15) is 0 Å². The van der Waals surface area contributed by atoms with Crippen LogP contribution in [0.2, 0.25) is 0 Å². The predicted molar refractivity (Wildman–Crippen MR) is 37.4 cm³/mol. The van der Waals surface area contributed by atoms with Crippen molar-refractivity contribution in [1.82, 2.24) is 5.32 Å². The molecule has 1 unspecified atom stereocenters. The molecular formula is C6H15NO3. The number of rotatable bonds is 4. The van der Waals surface area contributed by atoms with E-state index in [4.69, 9.17) is 15.3 Å². The topological polar surface area (TPSA) is 72.7 Å². The smallest absolute Gasteiger partial charge is 0.172 e. The quantitative estimate of drug-likeness (QED) is 0.373. The Morgan fingerprint density at radius 3 is 2.30 bits per heavy atom. The maximum absolute atomic E-state index is 8.74. The molecule has 0 radical (unpaired) electrons. The van der Waals surface area contributed by atoms with E-state index in [0.29, 0.717) is 6.54 Å². The minimum Gasteiger partial charge on any atom is -0.392 e. The van der Waals surface area contributed by atoms with Gasteiger partial charge in [0.25, 0.3) is 0 Å². The third-order valence-electron chi connectivity index (χ3n) is 0.900. The fraction of sp³-hybridized carbons (Fsp3) is 1.00. The number of hydrogen-bond donors (Lipinski definition) is 4. The van der Waals surface area contributed by atoms with Crippen LogP contribution in [0.1, 0.15) is 13.8 Å². The zero-order valence-corrected chi connectivity index (χ0v) is 6.33. The van der Waals surface area contributed by atoms with E-state index in [1.165, 1.54) is 6.92 Å². The Morgan fingerprint density at radius 2 is 2.00 bits per heavy atom. The summed E-state index contributed by atoms with van der Waals surface area (Å²) in [5.74, 6) is -1.69. The molecule has 4 nitrogen and oxygen atoms in total.